The number of sulfonamides is 1. The molecule has 2 rings (SSSR count). The van der Waals surface area contributed by atoms with Gasteiger partial charge in [-0.3, -0.25) is 4.79 Å². The van der Waals surface area contributed by atoms with Crippen LogP contribution in [0.3, 0.4) is 0 Å². The molecule has 5 nitrogen and oxygen atoms in total. The van der Waals surface area contributed by atoms with E-state index in [1.807, 2.05) is 0 Å². The molecule has 0 saturated heterocycles. The van der Waals surface area contributed by atoms with Crippen molar-refractivity contribution in [2.75, 3.05) is 6.54 Å². The fraction of sp³-hybridized carbons (Fsp3) is 0.462. The molecule has 0 aliphatic heterocycles. The molecule has 3 N–H and O–H groups in total. The van der Waals surface area contributed by atoms with E-state index in [4.69, 9.17) is 16.7 Å². The SMILES string of the molecule is CC1(CNC(=O)c2cc(S(N)(=O)=O)cc(Br)c2Cl)CCC1. The molecule has 1 aliphatic rings. The highest BCUT2D eigenvalue weighted by molar-refractivity contribution is 9.10. The van der Waals surface area contributed by atoms with Crippen LogP contribution in [0.4, 0.5) is 0 Å². The van der Waals surface area contributed by atoms with E-state index in [0.29, 0.717) is 11.0 Å². The molecule has 0 atom stereocenters. The van der Waals surface area contributed by atoms with Crippen LogP contribution in [-0.4, -0.2) is 20.9 Å². The lowest BCUT2D eigenvalue weighted by Gasteiger charge is -2.38. The first-order valence-corrected chi connectivity index (χ1v) is 9.14. The van der Waals surface area contributed by atoms with Gasteiger partial charge >= 0.3 is 0 Å². The second-order valence-corrected chi connectivity index (χ2v) is 8.45. The first-order chi connectivity index (χ1) is 9.62. The minimum atomic E-state index is -3.90. The molecular weight excluding hydrogens is 380 g/mol. The number of rotatable bonds is 4. The third-order valence-electron chi connectivity index (χ3n) is 3.81. The van der Waals surface area contributed by atoms with Gasteiger partial charge in [0.1, 0.15) is 0 Å². The fourth-order valence-electron chi connectivity index (χ4n) is 2.24. The van der Waals surface area contributed by atoms with Crippen LogP contribution in [0.25, 0.3) is 0 Å². The van der Waals surface area contributed by atoms with Gasteiger partial charge in [-0.1, -0.05) is 24.9 Å². The summed E-state index contributed by atoms with van der Waals surface area (Å²) in [4.78, 5) is 12.1. The Morgan fingerprint density at radius 2 is 2.10 bits per heavy atom. The predicted octanol–water partition coefficient (Wildman–Crippen LogP) is 2.67. The molecule has 0 radical (unpaired) electrons. The van der Waals surface area contributed by atoms with Crippen molar-refractivity contribution in [3.63, 3.8) is 0 Å². The molecule has 0 unspecified atom stereocenters. The van der Waals surface area contributed by atoms with Crippen molar-refractivity contribution in [2.45, 2.75) is 31.1 Å². The fourth-order valence-corrected chi connectivity index (χ4v) is 3.61. The molecule has 0 heterocycles. The van der Waals surface area contributed by atoms with E-state index in [1.54, 1.807) is 0 Å². The first-order valence-electron chi connectivity index (χ1n) is 6.42. The average Bonchev–Trinajstić information content (AvgIpc) is 2.35. The van der Waals surface area contributed by atoms with Crippen molar-refractivity contribution >= 4 is 43.5 Å². The van der Waals surface area contributed by atoms with Crippen molar-refractivity contribution in [1.82, 2.24) is 5.32 Å². The van der Waals surface area contributed by atoms with E-state index < -0.39 is 15.9 Å². The van der Waals surface area contributed by atoms with Crippen LogP contribution < -0.4 is 10.5 Å². The lowest BCUT2D eigenvalue weighted by molar-refractivity contribution is 0.0890. The molecule has 1 saturated carbocycles. The summed E-state index contributed by atoms with van der Waals surface area (Å²) >= 11 is 9.21. The van der Waals surface area contributed by atoms with E-state index in [-0.39, 0.29) is 20.9 Å². The molecule has 0 bridgehead atoms. The first kappa shape index (κ1) is 16.7. The highest BCUT2D eigenvalue weighted by atomic mass is 79.9. The predicted molar refractivity (Wildman–Crippen MR) is 84.8 cm³/mol. The maximum absolute atomic E-state index is 12.2. The van der Waals surface area contributed by atoms with Crippen molar-refractivity contribution in [1.29, 1.82) is 0 Å². The Labute approximate surface area is 137 Å². The Morgan fingerprint density at radius 3 is 2.57 bits per heavy atom. The number of amides is 1. The van der Waals surface area contributed by atoms with Gasteiger partial charge in [-0.2, -0.15) is 0 Å². The number of carbonyl (C=O) groups is 1. The van der Waals surface area contributed by atoms with Gasteiger partial charge in [-0.25, -0.2) is 13.6 Å². The molecule has 0 spiro atoms. The van der Waals surface area contributed by atoms with Crippen LogP contribution in [0, 0.1) is 5.41 Å². The van der Waals surface area contributed by atoms with E-state index >= 15 is 0 Å². The van der Waals surface area contributed by atoms with Crippen LogP contribution in [0.2, 0.25) is 5.02 Å². The summed E-state index contributed by atoms with van der Waals surface area (Å²) in [5.74, 6) is -0.403. The number of nitrogens with one attached hydrogen (secondary N) is 1. The largest absolute Gasteiger partial charge is 0.351 e. The van der Waals surface area contributed by atoms with Crippen LogP contribution in [0.15, 0.2) is 21.5 Å². The number of benzene rings is 1. The van der Waals surface area contributed by atoms with Crippen molar-refractivity contribution in [3.05, 3.63) is 27.2 Å². The van der Waals surface area contributed by atoms with Crippen molar-refractivity contribution in [2.24, 2.45) is 10.6 Å². The zero-order chi connectivity index (χ0) is 15.8. The topological polar surface area (TPSA) is 89.3 Å². The Morgan fingerprint density at radius 1 is 1.48 bits per heavy atom. The highest BCUT2D eigenvalue weighted by Gasteiger charge is 2.32. The zero-order valence-electron chi connectivity index (χ0n) is 11.4. The van der Waals surface area contributed by atoms with Gasteiger partial charge in [-0.05, 0) is 46.3 Å². The van der Waals surface area contributed by atoms with Gasteiger partial charge in [-0.15, -0.1) is 0 Å². The zero-order valence-corrected chi connectivity index (χ0v) is 14.6. The lowest BCUT2D eigenvalue weighted by Crippen LogP contribution is -2.40. The number of carbonyl (C=O) groups excluding carboxylic acids is 1. The van der Waals surface area contributed by atoms with Crippen molar-refractivity contribution in [3.8, 4) is 0 Å². The van der Waals surface area contributed by atoms with Crippen molar-refractivity contribution < 1.29 is 13.2 Å². The minimum absolute atomic E-state index is 0.0954. The van der Waals surface area contributed by atoms with Gasteiger partial charge in [0.2, 0.25) is 10.0 Å². The molecule has 21 heavy (non-hydrogen) atoms. The standard InChI is InChI=1S/C13H16BrClN2O3S/c1-13(3-2-4-13)7-17-12(18)9-5-8(21(16,19)20)6-10(14)11(9)15/h5-6H,2-4,7H2,1H3,(H,17,18)(H2,16,19,20). The Hall–Kier alpha value is -0.630. The summed E-state index contributed by atoms with van der Waals surface area (Å²) in [6.45, 7) is 2.65. The molecule has 1 amide bonds. The smallest absolute Gasteiger partial charge is 0.252 e. The summed E-state index contributed by atoms with van der Waals surface area (Å²) in [5.41, 5.74) is 0.217. The van der Waals surface area contributed by atoms with E-state index in [0.717, 1.165) is 12.8 Å². The number of nitrogens with two attached hydrogens (primary N) is 1. The minimum Gasteiger partial charge on any atom is -0.351 e. The molecule has 1 fully saturated rings. The van der Waals surface area contributed by atoms with Crippen LogP contribution in [0.1, 0.15) is 36.5 Å². The van der Waals surface area contributed by atoms with Gasteiger partial charge in [0.25, 0.3) is 5.91 Å². The van der Waals surface area contributed by atoms with Crippen LogP contribution in [0.5, 0.6) is 0 Å². The van der Waals surface area contributed by atoms with E-state index in [1.165, 1.54) is 18.6 Å². The molecule has 1 aromatic rings. The van der Waals surface area contributed by atoms with Crippen LogP contribution >= 0.6 is 27.5 Å². The Balaban J connectivity index is 2.25. The summed E-state index contributed by atoms with van der Waals surface area (Å²) in [7, 11) is -3.90. The van der Waals surface area contributed by atoms with Crippen LogP contribution in [-0.2, 0) is 10.0 Å². The Bertz CT molecular complexity index is 687. The molecular formula is C13H16BrClN2O3S. The maximum Gasteiger partial charge on any atom is 0.252 e. The quantitative estimate of drug-likeness (QED) is 0.821. The van der Waals surface area contributed by atoms with Gasteiger partial charge in [0, 0.05) is 11.0 Å². The maximum atomic E-state index is 12.2. The van der Waals surface area contributed by atoms with E-state index in [2.05, 4.69) is 28.2 Å². The molecule has 1 aliphatic carbocycles. The molecule has 8 heteroatoms. The second-order valence-electron chi connectivity index (χ2n) is 5.66. The lowest BCUT2D eigenvalue weighted by atomic mass is 9.70. The second kappa shape index (κ2) is 5.87. The third kappa shape index (κ3) is 3.77. The van der Waals surface area contributed by atoms with Gasteiger partial charge in [0.15, 0.2) is 0 Å². The monoisotopic (exact) mass is 394 g/mol. The van der Waals surface area contributed by atoms with Gasteiger partial charge < -0.3 is 5.32 Å². The number of halogens is 2. The highest BCUT2D eigenvalue weighted by Crippen LogP contribution is 2.39. The summed E-state index contributed by atoms with van der Waals surface area (Å²) in [5, 5.41) is 8.07. The van der Waals surface area contributed by atoms with Gasteiger partial charge in [0.05, 0.1) is 15.5 Å². The van der Waals surface area contributed by atoms with E-state index in [9.17, 15) is 13.2 Å². The summed E-state index contributed by atoms with van der Waals surface area (Å²) in [6, 6.07) is 2.47. The number of primary sulfonamides is 1. The normalized spacial score (nSPS) is 17.1. The Kier molecular flexibility index (Phi) is 4.68. The number of hydrogen-bond acceptors (Lipinski definition) is 3. The molecule has 116 valence electrons. The summed E-state index contributed by atoms with van der Waals surface area (Å²) in [6.07, 6.45) is 3.31. The molecule has 1 aromatic carbocycles. The summed E-state index contributed by atoms with van der Waals surface area (Å²) < 4.78 is 23.2. The third-order valence-corrected chi connectivity index (χ3v) is 5.96. The molecule has 0 aromatic heterocycles. The average molecular weight is 396 g/mol. The number of hydrogen-bond donors (Lipinski definition) is 2.